The fourth-order valence-electron chi connectivity index (χ4n) is 2.87. The van der Waals surface area contributed by atoms with Crippen LogP contribution in [0, 0.1) is 5.82 Å². The molecule has 0 aromatic heterocycles. The van der Waals surface area contributed by atoms with Crippen molar-refractivity contribution >= 4 is 47.6 Å². The smallest absolute Gasteiger partial charge is 0.241 e. The van der Waals surface area contributed by atoms with E-state index in [0.29, 0.717) is 12.5 Å². The molecule has 1 aromatic carbocycles. The molecular weight excluding hydrogens is 466 g/mol. The monoisotopic (exact) mass is 494 g/mol. The number of hydrogen-bond donors (Lipinski definition) is 2. The van der Waals surface area contributed by atoms with Crippen molar-refractivity contribution in [3.63, 3.8) is 0 Å². The van der Waals surface area contributed by atoms with Gasteiger partial charge in [-0.2, -0.15) is 11.8 Å². The Labute approximate surface area is 176 Å². The van der Waals surface area contributed by atoms with Gasteiger partial charge in [-0.1, -0.05) is 6.07 Å². The highest BCUT2D eigenvalue weighted by Crippen LogP contribution is 2.16. The first-order chi connectivity index (χ1) is 12.1. The summed E-state index contributed by atoms with van der Waals surface area (Å²) in [5, 5.41) is 6.27. The molecule has 1 amide bonds. The van der Waals surface area contributed by atoms with Crippen LogP contribution in [0.3, 0.4) is 0 Å². The standard InChI is InChI=1S/C18H27FN4OS.HI/c1-20-18(22-12-17(24)23-8-4-3-5-9-23)21-11-14-6-7-16(19)10-15(14)13-25-2;/h6-7,10H,3-5,8-9,11-13H2,1-2H3,(H2,20,21,22);1H. The van der Waals surface area contributed by atoms with Crippen LogP contribution >= 0.6 is 35.7 Å². The number of piperidine rings is 1. The molecule has 2 rings (SSSR count). The predicted octanol–water partition coefficient (Wildman–Crippen LogP) is 2.98. The van der Waals surface area contributed by atoms with E-state index < -0.39 is 0 Å². The lowest BCUT2D eigenvalue weighted by Gasteiger charge is -2.27. The number of likely N-dealkylation sites (tertiary alicyclic amines) is 1. The Kier molecular flexibility index (Phi) is 11.0. The summed E-state index contributed by atoms with van der Waals surface area (Å²) in [6.07, 6.45) is 5.37. The Hall–Kier alpha value is -1.03. The van der Waals surface area contributed by atoms with Gasteiger partial charge in [-0.05, 0) is 48.8 Å². The van der Waals surface area contributed by atoms with E-state index in [1.54, 1.807) is 30.9 Å². The third-order valence-corrected chi connectivity index (χ3v) is 4.85. The number of rotatable bonds is 6. The van der Waals surface area contributed by atoms with E-state index in [-0.39, 0.29) is 42.2 Å². The number of amides is 1. The second-order valence-corrected chi connectivity index (χ2v) is 6.93. The van der Waals surface area contributed by atoms with Crippen LogP contribution in [-0.2, 0) is 17.1 Å². The molecule has 0 radical (unpaired) electrons. The number of nitrogens with one attached hydrogen (secondary N) is 2. The van der Waals surface area contributed by atoms with Crippen LogP contribution in [0.1, 0.15) is 30.4 Å². The van der Waals surface area contributed by atoms with Crippen LogP contribution in [0.25, 0.3) is 0 Å². The van der Waals surface area contributed by atoms with Gasteiger partial charge in [0.05, 0.1) is 6.54 Å². The summed E-state index contributed by atoms with van der Waals surface area (Å²) in [7, 11) is 1.67. The van der Waals surface area contributed by atoms with Crippen LogP contribution in [0.4, 0.5) is 4.39 Å². The highest BCUT2D eigenvalue weighted by molar-refractivity contribution is 14.0. The van der Waals surface area contributed by atoms with Crippen LogP contribution < -0.4 is 10.6 Å². The van der Waals surface area contributed by atoms with E-state index in [4.69, 9.17) is 0 Å². The Morgan fingerprint density at radius 2 is 1.96 bits per heavy atom. The second-order valence-electron chi connectivity index (χ2n) is 6.07. The van der Waals surface area contributed by atoms with Crippen molar-refractivity contribution in [2.75, 3.05) is 32.9 Å². The normalized spacial score (nSPS) is 14.6. The molecule has 2 N–H and O–H groups in total. The van der Waals surface area contributed by atoms with E-state index in [0.717, 1.165) is 42.8 Å². The zero-order valence-corrected chi connectivity index (χ0v) is 18.5. The van der Waals surface area contributed by atoms with Gasteiger partial charge in [0.25, 0.3) is 0 Å². The third-order valence-electron chi connectivity index (χ3n) is 4.25. The minimum Gasteiger partial charge on any atom is -0.352 e. The van der Waals surface area contributed by atoms with Gasteiger partial charge in [0.1, 0.15) is 5.82 Å². The van der Waals surface area contributed by atoms with Gasteiger partial charge in [0.2, 0.25) is 5.91 Å². The van der Waals surface area contributed by atoms with E-state index >= 15 is 0 Å². The number of carbonyl (C=O) groups is 1. The molecule has 5 nitrogen and oxygen atoms in total. The molecule has 1 heterocycles. The largest absolute Gasteiger partial charge is 0.352 e. The molecule has 1 aliphatic rings. The molecule has 1 aromatic rings. The molecule has 0 spiro atoms. The van der Waals surface area contributed by atoms with Gasteiger partial charge in [-0.15, -0.1) is 24.0 Å². The molecule has 0 bridgehead atoms. The molecule has 1 saturated heterocycles. The predicted molar refractivity (Wildman–Crippen MR) is 118 cm³/mol. The topological polar surface area (TPSA) is 56.7 Å². The first-order valence-corrected chi connectivity index (χ1v) is 10.0. The maximum absolute atomic E-state index is 13.4. The van der Waals surface area contributed by atoms with Gasteiger partial charge >= 0.3 is 0 Å². The maximum atomic E-state index is 13.4. The van der Waals surface area contributed by atoms with Crippen molar-refractivity contribution in [3.8, 4) is 0 Å². The average Bonchev–Trinajstić information content (AvgIpc) is 2.64. The van der Waals surface area contributed by atoms with Crippen molar-refractivity contribution in [1.29, 1.82) is 0 Å². The SMILES string of the molecule is CN=C(NCC(=O)N1CCCCC1)NCc1ccc(F)cc1CSC.I. The van der Waals surface area contributed by atoms with Gasteiger partial charge in [-0.25, -0.2) is 4.39 Å². The highest BCUT2D eigenvalue weighted by Gasteiger charge is 2.16. The summed E-state index contributed by atoms with van der Waals surface area (Å²) in [4.78, 5) is 18.3. The van der Waals surface area contributed by atoms with Gasteiger partial charge in [0.15, 0.2) is 5.96 Å². The fraction of sp³-hybridized carbons (Fsp3) is 0.556. The van der Waals surface area contributed by atoms with E-state index in [1.807, 2.05) is 11.2 Å². The van der Waals surface area contributed by atoms with Crippen molar-refractivity contribution in [3.05, 3.63) is 35.1 Å². The minimum atomic E-state index is -0.220. The summed E-state index contributed by atoms with van der Waals surface area (Å²) in [6, 6.07) is 4.83. The van der Waals surface area contributed by atoms with Crippen LogP contribution in [0.5, 0.6) is 0 Å². The number of aliphatic imine (C=N–C) groups is 1. The Bertz CT molecular complexity index is 609. The molecule has 1 fully saturated rings. The molecular formula is C18H28FIN4OS. The lowest BCUT2D eigenvalue weighted by molar-refractivity contribution is -0.130. The molecule has 0 saturated carbocycles. The van der Waals surface area contributed by atoms with Gasteiger partial charge in [-0.3, -0.25) is 9.79 Å². The molecule has 0 atom stereocenters. The van der Waals surface area contributed by atoms with Crippen molar-refractivity contribution < 1.29 is 9.18 Å². The van der Waals surface area contributed by atoms with Gasteiger partial charge in [0, 0.05) is 32.4 Å². The first kappa shape index (κ1) is 23.0. The quantitative estimate of drug-likeness (QED) is 0.363. The van der Waals surface area contributed by atoms with Crippen molar-refractivity contribution in [2.24, 2.45) is 4.99 Å². The lowest BCUT2D eigenvalue weighted by Crippen LogP contribution is -2.45. The minimum absolute atomic E-state index is 0. The third kappa shape index (κ3) is 7.30. The number of thioether (sulfide) groups is 1. The maximum Gasteiger partial charge on any atom is 0.241 e. The summed E-state index contributed by atoms with van der Waals surface area (Å²) in [5.41, 5.74) is 2.00. The first-order valence-electron chi connectivity index (χ1n) is 8.62. The summed E-state index contributed by atoms with van der Waals surface area (Å²) >= 11 is 1.66. The lowest BCUT2D eigenvalue weighted by atomic mass is 10.1. The molecule has 0 aliphatic carbocycles. The fourth-order valence-corrected chi connectivity index (χ4v) is 3.45. The zero-order chi connectivity index (χ0) is 18.1. The van der Waals surface area contributed by atoms with Crippen LogP contribution in [0.15, 0.2) is 23.2 Å². The number of nitrogens with zero attached hydrogens (tertiary/aromatic N) is 2. The summed E-state index contributed by atoms with van der Waals surface area (Å²) in [5.74, 6) is 1.22. The molecule has 8 heteroatoms. The van der Waals surface area contributed by atoms with E-state index in [1.165, 1.54) is 12.5 Å². The number of benzene rings is 1. The number of carbonyl (C=O) groups excluding carboxylic acids is 1. The van der Waals surface area contributed by atoms with E-state index in [9.17, 15) is 9.18 Å². The Morgan fingerprint density at radius 3 is 2.62 bits per heavy atom. The summed E-state index contributed by atoms with van der Waals surface area (Å²) in [6.45, 7) is 2.47. The molecule has 0 unspecified atom stereocenters. The Morgan fingerprint density at radius 1 is 1.23 bits per heavy atom. The van der Waals surface area contributed by atoms with Crippen molar-refractivity contribution in [2.45, 2.75) is 31.6 Å². The van der Waals surface area contributed by atoms with Crippen LogP contribution in [-0.4, -0.2) is 49.7 Å². The molecule has 26 heavy (non-hydrogen) atoms. The van der Waals surface area contributed by atoms with Gasteiger partial charge < -0.3 is 15.5 Å². The highest BCUT2D eigenvalue weighted by atomic mass is 127. The summed E-state index contributed by atoms with van der Waals surface area (Å²) < 4.78 is 13.4. The Balaban J connectivity index is 0.00000338. The number of halogens is 2. The molecule has 1 aliphatic heterocycles. The van der Waals surface area contributed by atoms with Crippen molar-refractivity contribution in [1.82, 2.24) is 15.5 Å². The number of guanidine groups is 1. The zero-order valence-electron chi connectivity index (χ0n) is 15.4. The second kappa shape index (κ2) is 12.4. The van der Waals surface area contributed by atoms with E-state index in [2.05, 4.69) is 15.6 Å². The average molecular weight is 494 g/mol. The number of hydrogen-bond acceptors (Lipinski definition) is 3. The van der Waals surface area contributed by atoms with Crippen LogP contribution in [0.2, 0.25) is 0 Å². The molecule has 146 valence electrons.